The minimum Gasteiger partial charge on any atom is -0.493 e. The lowest BCUT2D eigenvalue weighted by Crippen LogP contribution is -2.12. The van der Waals surface area contributed by atoms with E-state index in [1.54, 1.807) is 0 Å². The topological polar surface area (TPSA) is 76.0 Å². The number of carboxylic acids is 1. The lowest BCUT2D eigenvalue weighted by molar-refractivity contribution is -0.139. The monoisotopic (exact) mass is 512 g/mol. The van der Waals surface area contributed by atoms with Crippen LogP contribution in [0, 0.1) is 25.7 Å². The number of rotatable bonds is 10. The van der Waals surface area contributed by atoms with E-state index >= 15 is 0 Å². The van der Waals surface area contributed by atoms with Gasteiger partial charge in [-0.05, 0) is 114 Å². The highest BCUT2D eigenvalue weighted by molar-refractivity contribution is 5.78. The van der Waals surface area contributed by atoms with E-state index in [1.807, 2.05) is 0 Å². The molecular formula is C33H36O5. The molecule has 2 fully saturated rings. The fraction of sp³-hybridized carbons (Fsp3) is 0.424. The van der Waals surface area contributed by atoms with Gasteiger partial charge < -0.3 is 19.7 Å². The number of aliphatic carboxylic acids is 1. The predicted octanol–water partition coefficient (Wildman–Crippen LogP) is 6.38. The Morgan fingerprint density at radius 3 is 2.50 bits per heavy atom. The van der Waals surface area contributed by atoms with Gasteiger partial charge in [0, 0.05) is 12.3 Å². The molecule has 0 heterocycles. The standard InChI is InChI=1S/C33H36O5/c1-4-22-15-26-24(16-27-30(26)31(27)32(34)35)17-28(22)38-18-21-6-5-7-23(14-21)29-19(2)12-25(13-20(29)3)37-11-10-33(36)8-9-33/h5-7,12-15,17,27,30-31,36H,4,8-11,16,18H2,1-3H3,(H,34,35). The highest BCUT2D eigenvalue weighted by Gasteiger charge is 2.59. The summed E-state index contributed by atoms with van der Waals surface area (Å²) in [5.74, 6) is 1.34. The molecule has 0 aromatic heterocycles. The van der Waals surface area contributed by atoms with Crippen molar-refractivity contribution in [2.75, 3.05) is 6.61 Å². The van der Waals surface area contributed by atoms with Crippen molar-refractivity contribution in [1.82, 2.24) is 0 Å². The Bertz CT molecular complexity index is 1380. The maximum Gasteiger partial charge on any atom is 0.307 e. The van der Waals surface area contributed by atoms with Gasteiger partial charge in [-0.15, -0.1) is 0 Å². The van der Waals surface area contributed by atoms with Crippen LogP contribution < -0.4 is 9.47 Å². The zero-order chi connectivity index (χ0) is 26.6. The van der Waals surface area contributed by atoms with E-state index in [2.05, 4.69) is 69.3 Å². The van der Waals surface area contributed by atoms with Crippen LogP contribution in [0.2, 0.25) is 0 Å². The maximum absolute atomic E-state index is 11.5. The molecule has 3 atom stereocenters. The second-order valence-electron chi connectivity index (χ2n) is 11.5. The molecule has 3 aliphatic rings. The first-order valence-corrected chi connectivity index (χ1v) is 13.8. The summed E-state index contributed by atoms with van der Waals surface area (Å²) in [6, 6.07) is 17.0. The van der Waals surface area contributed by atoms with Crippen molar-refractivity contribution in [3.05, 3.63) is 81.9 Å². The minimum atomic E-state index is -0.662. The quantitative estimate of drug-likeness (QED) is 0.330. The lowest BCUT2D eigenvalue weighted by atomic mass is 9.94. The summed E-state index contributed by atoms with van der Waals surface area (Å²) in [4.78, 5) is 11.5. The van der Waals surface area contributed by atoms with Crippen molar-refractivity contribution < 1.29 is 24.5 Å². The van der Waals surface area contributed by atoms with E-state index in [0.717, 1.165) is 65.0 Å². The lowest BCUT2D eigenvalue weighted by Gasteiger charge is -2.17. The molecule has 0 spiro atoms. The second-order valence-corrected chi connectivity index (χ2v) is 11.5. The fourth-order valence-corrected chi connectivity index (χ4v) is 6.42. The average Bonchev–Trinajstić information content (AvgIpc) is 3.76. The largest absolute Gasteiger partial charge is 0.493 e. The van der Waals surface area contributed by atoms with Crippen LogP contribution in [0.4, 0.5) is 0 Å². The summed E-state index contributed by atoms with van der Waals surface area (Å²) in [6.07, 6.45) is 4.14. The van der Waals surface area contributed by atoms with Gasteiger partial charge in [0.2, 0.25) is 0 Å². The molecule has 2 saturated carbocycles. The van der Waals surface area contributed by atoms with Gasteiger partial charge in [-0.1, -0.05) is 31.2 Å². The van der Waals surface area contributed by atoms with Crippen molar-refractivity contribution in [1.29, 1.82) is 0 Å². The molecule has 2 N–H and O–H groups in total. The predicted molar refractivity (Wildman–Crippen MR) is 147 cm³/mol. The molecule has 0 radical (unpaired) electrons. The molecule has 3 aliphatic carbocycles. The molecule has 3 aromatic rings. The zero-order valence-electron chi connectivity index (χ0n) is 22.4. The van der Waals surface area contributed by atoms with Crippen molar-refractivity contribution in [2.45, 2.75) is 71.0 Å². The van der Waals surface area contributed by atoms with E-state index in [4.69, 9.17) is 9.47 Å². The number of hydrogen-bond donors (Lipinski definition) is 2. The normalized spacial score (nSPS) is 21.9. The van der Waals surface area contributed by atoms with Gasteiger partial charge >= 0.3 is 5.97 Å². The van der Waals surface area contributed by atoms with Crippen LogP contribution in [0.1, 0.15) is 65.5 Å². The highest BCUT2D eigenvalue weighted by Crippen LogP contribution is 2.62. The molecule has 38 heavy (non-hydrogen) atoms. The first-order chi connectivity index (χ1) is 18.3. The highest BCUT2D eigenvalue weighted by atomic mass is 16.5. The van der Waals surface area contributed by atoms with Crippen LogP contribution in [0.15, 0.2) is 48.5 Å². The summed E-state index contributed by atoms with van der Waals surface area (Å²) in [7, 11) is 0. The maximum atomic E-state index is 11.5. The van der Waals surface area contributed by atoms with Gasteiger partial charge in [0.1, 0.15) is 18.1 Å². The molecule has 5 nitrogen and oxygen atoms in total. The summed E-state index contributed by atoms with van der Waals surface area (Å²) in [5, 5.41) is 19.5. The van der Waals surface area contributed by atoms with E-state index < -0.39 is 11.6 Å². The van der Waals surface area contributed by atoms with Crippen molar-refractivity contribution in [2.24, 2.45) is 11.8 Å². The first-order valence-electron chi connectivity index (χ1n) is 13.8. The molecule has 0 amide bonds. The number of ether oxygens (including phenoxy) is 2. The molecule has 6 rings (SSSR count). The number of aryl methyl sites for hydroxylation is 3. The number of carbonyl (C=O) groups is 1. The third-order valence-electron chi connectivity index (χ3n) is 8.75. The molecule has 198 valence electrons. The molecule has 0 bridgehead atoms. The number of benzene rings is 3. The van der Waals surface area contributed by atoms with Gasteiger partial charge in [-0.3, -0.25) is 4.79 Å². The van der Waals surface area contributed by atoms with Crippen LogP contribution in [0.5, 0.6) is 11.5 Å². The van der Waals surface area contributed by atoms with Gasteiger partial charge in [-0.25, -0.2) is 0 Å². The number of aliphatic hydroxyl groups is 1. The van der Waals surface area contributed by atoms with Crippen LogP contribution in [0.25, 0.3) is 11.1 Å². The summed E-state index contributed by atoms with van der Waals surface area (Å²) >= 11 is 0. The van der Waals surface area contributed by atoms with E-state index in [-0.39, 0.29) is 17.8 Å². The van der Waals surface area contributed by atoms with Crippen LogP contribution in [0.3, 0.4) is 0 Å². The van der Waals surface area contributed by atoms with Gasteiger partial charge in [-0.2, -0.15) is 0 Å². The number of hydrogen-bond acceptors (Lipinski definition) is 4. The average molecular weight is 513 g/mol. The summed E-state index contributed by atoms with van der Waals surface area (Å²) in [5.41, 5.74) is 8.91. The van der Waals surface area contributed by atoms with Crippen molar-refractivity contribution in [3.8, 4) is 22.6 Å². The number of carboxylic acid groups (broad SMARTS) is 1. The summed E-state index contributed by atoms with van der Waals surface area (Å²) < 4.78 is 12.3. The molecule has 3 aromatic carbocycles. The first kappa shape index (κ1) is 25.0. The van der Waals surface area contributed by atoms with Gasteiger partial charge in [0.25, 0.3) is 0 Å². The number of fused-ring (bicyclic) bond motifs is 3. The molecule has 3 unspecified atom stereocenters. The third-order valence-corrected chi connectivity index (χ3v) is 8.75. The van der Waals surface area contributed by atoms with Crippen molar-refractivity contribution in [3.63, 3.8) is 0 Å². The van der Waals surface area contributed by atoms with E-state index in [0.29, 0.717) is 19.6 Å². The van der Waals surface area contributed by atoms with E-state index in [9.17, 15) is 15.0 Å². The zero-order valence-corrected chi connectivity index (χ0v) is 22.4. The van der Waals surface area contributed by atoms with Crippen molar-refractivity contribution >= 4 is 5.97 Å². The Labute approximate surface area is 224 Å². The Morgan fingerprint density at radius 1 is 1.05 bits per heavy atom. The third kappa shape index (κ3) is 4.69. The molecule has 5 heteroatoms. The van der Waals surface area contributed by atoms with Crippen LogP contribution >= 0.6 is 0 Å². The molecule has 0 aliphatic heterocycles. The smallest absolute Gasteiger partial charge is 0.307 e. The van der Waals surface area contributed by atoms with Crippen LogP contribution in [-0.4, -0.2) is 28.4 Å². The molecule has 0 saturated heterocycles. The Morgan fingerprint density at radius 2 is 1.82 bits per heavy atom. The Kier molecular flexibility index (Phi) is 6.22. The second kappa shape index (κ2) is 9.46. The SMILES string of the molecule is CCc1cc2c(cc1OCc1cccc(-c3c(C)cc(OCCC4(O)CC4)cc3C)c1)CC1C(C(=O)O)C21. The minimum absolute atomic E-state index is 0.186. The Balaban J connectivity index is 1.16. The summed E-state index contributed by atoms with van der Waals surface area (Å²) in [6.45, 7) is 7.36. The van der Waals surface area contributed by atoms with Gasteiger partial charge in [0.15, 0.2) is 0 Å². The van der Waals surface area contributed by atoms with Crippen LogP contribution in [-0.2, 0) is 24.2 Å². The molecular weight excluding hydrogens is 476 g/mol. The van der Waals surface area contributed by atoms with E-state index in [1.165, 1.54) is 16.7 Å². The fourth-order valence-electron chi connectivity index (χ4n) is 6.42. The Hall–Kier alpha value is -3.31. The van der Waals surface area contributed by atoms with Gasteiger partial charge in [0.05, 0.1) is 18.1 Å².